The molecule has 3 heterocycles. The van der Waals surface area contributed by atoms with E-state index in [1.54, 1.807) is 40.4 Å². The molecule has 0 atom stereocenters. The van der Waals surface area contributed by atoms with Crippen LogP contribution in [0.1, 0.15) is 22.6 Å². The Balaban J connectivity index is 1.67. The first-order chi connectivity index (χ1) is 15.3. The van der Waals surface area contributed by atoms with Crippen molar-refractivity contribution in [3.05, 3.63) is 83.8 Å². The number of rotatable bonds is 9. The zero-order chi connectivity index (χ0) is 21.5. The highest BCUT2D eigenvalue weighted by atomic mass is 32.1. The number of carbonyl (C=O) groups is 1. The maximum Gasteiger partial charge on any atom is 0.293 e. The normalized spacial score (nSPS) is 10.9. The van der Waals surface area contributed by atoms with Gasteiger partial charge in [-0.05, 0) is 47.7 Å². The predicted molar refractivity (Wildman–Crippen MR) is 120 cm³/mol. The van der Waals surface area contributed by atoms with Crippen molar-refractivity contribution in [2.24, 2.45) is 0 Å². The van der Waals surface area contributed by atoms with Gasteiger partial charge in [-0.25, -0.2) is 9.67 Å². The van der Waals surface area contributed by atoms with Gasteiger partial charge in [-0.15, -0.1) is 16.4 Å². The molecule has 4 rings (SSSR count). The fourth-order valence-electron chi connectivity index (χ4n) is 3.22. The molecule has 0 spiro atoms. The molecule has 0 saturated carbocycles. The zero-order valence-corrected chi connectivity index (χ0v) is 18.0. The molecule has 0 saturated heterocycles. The largest absolute Gasteiger partial charge is 0.385 e. The Kier molecular flexibility index (Phi) is 6.81. The second kappa shape index (κ2) is 10.1. The SMILES string of the molecule is COCCCN(Cc1ccncc1)C(=O)c1nc(-c2cccs2)n(-c2ccccc2)n1. The molecule has 158 valence electrons. The number of thiophene rings is 1. The highest BCUT2D eigenvalue weighted by Gasteiger charge is 2.24. The lowest BCUT2D eigenvalue weighted by Gasteiger charge is -2.21. The van der Waals surface area contributed by atoms with E-state index in [1.165, 1.54) is 0 Å². The molecule has 0 aliphatic heterocycles. The molecule has 1 aromatic carbocycles. The van der Waals surface area contributed by atoms with E-state index in [-0.39, 0.29) is 11.7 Å². The van der Waals surface area contributed by atoms with Crippen LogP contribution in [-0.4, -0.2) is 50.8 Å². The van der Waals surface area contributed by atoms with Gasteiger partial charge in [-0.1, -0.05) is 24.3 Å². The van der Waals surface area contributed by atoms with E-state index in [4.69, 9.17) is 4.74 Å². The van der Waals surface area contributed by atoms with Gasteiger partial charge in [0.15, 0.2) is 5.82 Å². The van der Waals surface area contributed by atoms with Gasteiger partial charge < -0.3 is 9.64 Å². The summed E-state index contributed by atoms with van der Waals surface area (Å²) in [5, 5.41) is 6.59. The van der Waals surface area contributed by atoms with Gasteiger partial charge in [0.2, 0.25) is 5.82 Å². The highest BCUT2D eigenvalue weighted by Crippen LogP contribution is 2.26. The Hall–Kier alpha value is -3.36. The van der Waals surface area contributed by atoms with E-state index in [0.29, 0.717) is 25.5 Å². The Labute approximate surface area is 185 Å². The van der Waals surface area contributed by atoms with Gasteiger partial charge in [-0.2, -0.15) is 0 Å². The van der Waals surface area contributed by atoms with Crippen LogP contribution in [0.3, 0.4) is 0 Å². The molecule has 0 aliphatic carbocycles. The number of benzene rings is 1. The van der Waals surface area contributed by atoms with E-state index < -0.39 is 0 Å². The summed E-state index contributed by atoms with van der Waals surface area (Å²) < 4.78 is 6.91. The number of methoxy groups -OCH3 is 1. The Bertz CT molecular complexity index is 1100. The first-order valence-electron chi connectivity index (χ1n) is 9.99. The summed E-state index contributed by atoms with van der Waals surface area (Å²) in [7, 11) is 1.66. The summed E-state index contributed by atoms with van der Waals surface area (Å²) in [4.78, 5) is 24.9. The second-order valence-electron chi connectivity index (χ2n) is 6.91. The van der Waals surface area contributed by atoms with E-state index in [0.717, 1.165) is 22.5 Å². The summed E-state index contributed by atoms with van der Waals surface area (Å²) in [6.45, 7) is 1.58. The van der Waals surface area contributed by atoms with Crippen LogP contribution in [-0.2, 0) is 11.3 Å². The predicted octanol–water partition coefficient (Wildman–Crippen LogP) is 4.07. The first-order valence-corrected chi connectivity index (χ1v) is 10.9. The van der Waals surface area contributed by atoms with E-state index >= 15 is 0 Å². The van der Waals surface area contributed by atoms with Crippen LogP contribution in [0.25, 0.3) is 16.4 Å². The second-order valence-corrected chi connectivity index (χ2v) is 7.86. The lowest BCUT2D eigenvalue weighted by Crippen LogP contribution is -2.33. The van der Waals surface area contributed by atoms with Crippen LogP contribution in [0.4, 0.5) is 0 Å². The standard InChI is InChI=1S/C23H23N5O2S/c1-30-15-6-14-27(17-18-10-12-24-13-11-18)23(29)21-25-22(20-9-5-16-31-20)28(26-21)19-7-3-2-4-8-19/h2-5,7-13,16H,6,14-15,17H2,1H3. The van der Waals surface area contributed by atoms with Crippen molar-refractivity contribution in [1.29, 1.82) is 0 Å². The third-order valence-corrected chi connectivity index (χ3v) is 5.59. The van der Waals surface area contributed by atoms with Crippen LogP contribution >= 0.6 is 11.3 Å². The fourth-order valence-corrected chi connectivity index (χ4v) is 3.92. The van der Waals surface area contributed by atoms with Crippen molar-refractivity contribution in [2.45, 2.75) is 13.0 Å². The Morgan fingerprint density at radius 2 is 1.90 bits per heavy atom. The molecule has 3 aromatic heterocycles. The summed E-state index contributed by atoms with van der Waals surface area (Å²) in [6.07, 6.45) is 4.18. The molecule has 0 bridgehead atoms. The number of carbonyl (C=O) groups excluding carboxylic acids is 1. The topological polar surface area (TPSA) is 73.1 Å². The van der Waals surface area contributed by atoms with Crippen molar-refractivity contribution in [3.63, 3.8) is 0 Å². The number of hydrogen-bond acceptors (Lipinski definition) is 6. The van der Waals surface area contributed by atoms with Crippen molar-refractivity contribution in [1.82, 2.24) is 24.6 Å². The quantitative estimate of drug-likeness (QED) is 0.372. The van der Waals surface area contributed by atoms with Gasteiger partial charge in [0.05, 0.1) is 10.6 Å². The zero-order valence-electron chi connectivity index (χ0n) is 17.2. The molecule has 0 aliphatic rings. The molecule has 4 aromatic rings. The lowest BCUT2D eigenvalue weighted by atomic mass is 10.2. The minimum absolute atomic E-state index is 0.179. The van der Waals surface area contributed by atoms with Crippen LogP contribution in [0, 0.1) is 0 Å². The number of nitrogens with zero attached hydrogens (tertiary/aromatic N) is 5. The number of aromatic nitrogens is 4. The molecule has 0 unspecified atom stereocenters. The van der Waals surface area contributed by atoms with Crippen molar-refractivity contribution < 1.29 is 9.53 Å². The molecular weight excluding hydrogens is 410 g/mol. The number of para-hydroxylation sites is 1. The fraction of sp³-hybridized carbons (Fsp3) is 0.217. The summed E-state index contributed by atoms with van der Waals surface area (Å²) in [6, 6.07) is 17.5. The number of amides is 1. The highest BCUT2D eigenvalue weighted by molar-refractivity contribution is 7.13. The molecule has 1 amide bonds. The van der Waals surface area contributed by atoms with Gasteiger partial charge in [0.1, 0.15) is 0 Å². The maximum absolute atomic E-state index is 13.4. The molecule has 0 radical (unpaired) electrons. The number of pyridine rings is 1. The molecule has 8 heteroatoms. The first kappa shape index (κ1) is 20.9. The minimum Gasteiger partial charge on any atom is -0.385 e. The number of ether oxygens (including phenoxy) is 1. The van der Waals surface area contributed by atoms with E-state index in [9.17, 15) is 4.79 Å². The summed E-state index contributed by atoms with van der Waals surface area (Å²) in [5.41, 5.74) is 1.86. The van der Waals surface area contributed by atoms with E-state index in [2.05, 4.69) is 15.1 Å². The third kappa shape index (κ3) is 5.04. The smallest absolute Gasteiger partial charge is 0.293 e. The van der Waals surface area contributed by atoms with Gasteiger partial charge in [0.25, 0.3) is 5.91 Å². The van der Waals surface area contributed by atoms with Crippen LogP contribution in [0.2, 0.25) is 0 Å². The summed E-state index contributed by atoms with van der Waals surface area (Å²) in [5.74, 6) is 0.629. The van der Waals surface area contributed by atoms with Crippen LogP contribution in [0.15, 0.2) is 72.4 Å². The monoisotopic (exact) mass is 433 g/mol. The van der Waals surface area contributed by atoms with Gasteiger partial charge in [0, 0.05) is 39.2 Å². The van der Waals surface area contributed by atoms with Crippen LogP contribution < -0.4 is 0 Å². The molecule has 7 nitrogen and oxygen atoms in total. The van der Waals surface area contributed by atoms with E-state index in [1.807, 2.05) is 60.0 Å². The lowest BCUT2D eigenvalue weighted by molar-refractivity contribution is 0.0711. The average Bonchev–Trinajstić information content (AvgIpc) is 3.49. The average molecular weight is 434 g/mol. The van der Waals surface area contributed by atoms with Crippen molar-refractivity contribution in [2.75, 3.05) is 20.3 Å². The molecule has 0 fully saturated rings. The molecule has 31 heavy (non-hydrogen) atoms. The van der Waals surface area contributed by atoms with Gasteiger partial charge >= 0.3 is 0 Å². The van der Waals surface area contributed by atoms with Crippen molar-refractivity contribution >= 4 is 17.2 Å². The Morgan fingerprint density at radius 1 is 1.10 bits per heavy atom. The molecular formula is C23H23N5O2S. The molecule has 0 N–H and O–H groups in total. The van der Waals surface area contributed by atoms with Crippen molar-refractivity contribution in [3.8, 4) is 16.4 Å². The van der Waals surface area contributed by atoms with Crippen LogP contribution in [0.5, 0.6) is 0 Å². The maximum atomic E-state index is 13.4. The Morgan fingerprint density at radius 3 is 2.61 bits per heavy atom. The number of hydrogen-bond donors (Lipinski definition) is 0. The van der Waals surface area contributed by atoms with Gasteiger partial charge in [-0.3, -0.25) is 9.78 Å². The minimum atomic E-state index is -0.208. The third-order valence-electron chi connectivity index (χ3n) is 4.73. The summed E-state index contributed by atoms with van der Waals surface area (Å²) >= 11 is 1.57.